The van der Waals surface area contributed by atoms with E-state index in [-0.39, 0.29) is 24.5 Å². The van der Waals surface area contributed by atoms with Gasteiger partial charge in [0.25, 0.3) is 11.8 Å². The minimum atomic E-state index is -0.364. The number of benzene rings is 1. The van der Waals surface area contributed by atoms with E-state index >= 15 is 0 Å². The van der Waals surface area contributed by atoms with Gasteiger partial charge in [-0.05, 0) is 45.0 Å². The van der Waals surface area contributed by atoms with Gasteiger partial charge in [0.2, 0.25) is 0 Å². The summed E-state index contributed by atoms with van der Waals surface area (Å²) in [5.41, 5.74) is 6.42. The van der Waals surface area contributed by atoms with Crippen molar-refractivity contribution >= 4 is 23.6 Å². The van der Waals surface area contributed by atoms with Crippen LogP contribution in [0.4, 0.5) is 10.5 Å². The molecule has 1 heterocycles. The average Bonchev–Trinajstić information content (AvgIpc) is 2.74. The summed E-state index contributed by atoms with van der Waals surface area (Å²) in [7, 11) is 0. The number of rotatable bonds is 7. The lowest BCUT2D eigenvalue weighted by Crippen LogP contribution is -2.53. The lowest BCUT2D eigenvalue weighted by Gasteiger charge is -2.33. The van der Waals surface area contributed by atoms with Gasteiger partial charge in [0, 0.05) is 50.5 Å². The topological polar surface area (TPSA) is 94.2 Å². The Morgan fingerprint density at radius 2 is 1.59 bits per heavy atom. The Labute approximate surface area is 171 Å². The van der Waals surface area contributed by atoms with Crippen LogP contribution in [0, 0.1) is 0 Å². The van der Waals surface area contributed by atoms with Gasteiger partial charge in [0.1, 0.15) is 0 Å². The molecule has 1 aromatic rings. The van der Waals surface area contributed by atoms with Crippen LogP contribution in [0.25, 0.3) is 0 Å². The molecule has 0 spiro atoms. The van der Waals surface area contributed by atoms with Crippen LogP contribution in [0.15, 0.2) is 24.3 Å². The highest BCUT2D eigenvalue weighted by atomic mass is 16.6. The zero-order valence-electron chi connectivity index (χ0n) is 17.4. The third kappa shape index (κ3) is 6.63. The van der Waals surface area contributed by atoms with Crippen molar-refractivity contribution in [3.63, 3.8) is 0 Å². The van der Waals surface area contributed by atoms with E-state index in [1.165, 1.54) is 0 Å². The zero-order valence-corrected chi connectivity index (χ0v) is 17.4. The molecular formula is C20H31N5O4. The molecule has 1 fully saturated rings. The summed E-state index contributed by atoms with van der Waals surface area (Å²) in [5.74, 6) is -0.667. The summed E-state index contributed by atoms with van der Waals surface area (Å²) in [5, 5.41) is 0. The van der Waals surface area contributed by atoms with Crippen molar-refractivity contribution in [2.24, 2.45) is 0 Å². The van der Waals surface area contributed by atoms with Gasteiger partial charge in [-0.15, -0.1) is 0 Å². The maximum absolute atomic E-state index is 12.2. The first-order chi connectivity index (χ1) is 14.0. The van der Waals surface area contributed by atoms with E-state index in [1.54, 1.807) is 24.0 Å². The third-order valence-corrected chi connectivity index (χ3v) is 4.84. The second kappa shape index (κ2) is 11.3. The Morgan fingerprint density at radius 3 is 2.14 bits per heavy atom. The van der Waals surface area contributed by atoms with Gasteiger partial charge in [-0.25, -0.2) is 4.79 Å². The van der Waals surface area contributed by atoms with Gasteiger partial charge >= 0.3 is 6.09 Å². The van der Waals surface area contributed by atoms with Crippen molar-refractivity contribution in [3.8, 4) is 0 Å². The molecule has 9 heteroatoms. The Bertz CT molecular complexity index is 683. The van der Waals surface area contributed by atoms with Crippen molar-refractivity contribution in [3.05, 3.63) is 29.8 Å². The minimum absolute atomic E-state index is 0.151. The van der Waals surface area contributed by atoms with Gasteiger partial charge in [-0.2, -0.15) is 0 Å². The van der Waals surface area contributed by atoms with Crippen LogP contribution in [-0.2, 0) is 9.53 Å². The summed E-state index contributed by atoms with van der Waals surface area (Å²) in [6.07, 6.45) is -0.323. The number of nitrogens with zero attached hydrogens (tertiary/aromatic N) is 3. The molecule has 160 valence electrons. The molecule has 1 aliphatic rings. The molecule has 0 aliphatic carbocycles. The third-order valence-electron chi connectivity index (χ3n) is 4.84. The Morgan fingerprint density at radius 1 is 0.966 bits per heavy atom. The van der Waals surface area contributed by atoms with E-state index in [1.807, 2.05) is 17.0 Å². The smallest absolute Gasteiger partial charge is 0.409 e. The summed E-state index contributed by atoms with van der Waals surface area (Å²) in [6, 6.07) is 7.27. The van der Waals surface area contributed by atoms with E-state index < -0.39 is 0 Å². The Kier molecular flexibility index (Phi) is 8.72. The van der Waals surface area contributed by atoms with E-state index in [2.05, 4.69) is 29.6 Å². The number of amides is 3. The molecule has 29 heavy (non-hydrogen) atoms. The molecule has 2 N–H and O–H groups in total. The quantitative estimate of drug-likeness (QED) is 0.659. The van der Waals surface area contributed by atoms with Gasteiger partial charge in [0.05, 0.1) is 13.2 Å². The van der Waals surface area contributed by atoms with E-state index in [9.17, 15) is 14.4 Å². The normalized spacial score (nSPS) is 14.2. The highest BCUT2D eigenvalue weighted by molar-refractivity contribution is 5.95. The van der Waals surface area contributed by atoms with Crippen molar-refractivity contribution in [1.29, 1.82) is 0 Å². The molecule has 1 saturated heterocycles. The van der Waals surface area contributed by atoms with Gasteiger partial charge in [-0.1, -0.05) is 0 Å². The van der Waals surface area contributed by atoms with Crippen LogP contribution < -0.4 is 15.8 Å². The maximum atomic E-state index is 12.2. The summed E-state index contributed by atoms with van der Waals surface area (Å²) in [6.45, 7) is 10.4. The van der Waals surface area contributed by atoms with Crippen molar-refractivity contribution < 1.29 is 19.1 Å². The van der Waals surface area contributed by atoms with E-state index in [0.29, 0.717) is 38.3 Å². The lowest BCUT2D eigenvalue weighted by molar-refractivity contribution is -0.123. The number of anilines is 1. The maximum Gasteiger partial charge on any atom is 0.409 e. The number of nitrogens with one attached hydrogen (secondary N) is 2. The first-order valence-corrected chi connectivity index (χ1v) is 10.1. The monoisotopic (exact) mass is 405 g/mol. The SMILES string of the molecule is CCOC(=O)N1CCN(CC(=O)NNC(=O)c2ccc(N(CC)CC)cc2)CC1. The van der Waals surface area contributed by atoms with Crippen LogP contribution in [-0.4, -0.2) is 80.1 Å². The summed E-state index contributed by atoms with van der Waals surface area (Å²) < 4.78 is 4.98. The second-order valence-electron chi connectivity index (χ2n) is 6.68. The number of hydrogen-bond donors (Lipinski definition) is 2. The molecule has 9 nitrogen and oxygen atoms in total. The highest BCUT2D eigenvalue weighted by Crippen LogP contribution is 2.14. The molecule has 0 saturated carbocycles. The van der Waals surface area contributed by atoms with Gasteiger partial charge in [0.15, 0.2) is 0 Å². The van der Waals surface area contributed by atoms with Crippen LogP contribution in [0.2, 0.25) is 0 Å². The second-order valence-corrected chi connectivity index (χ2v) is 6.68. The molecule has 3 amide bonds. The van der Waals surface area contributed by atoms with Gasteiger partial charge < -0.3 is 14.5 Å². The highest BCUT2D eigenvalue weighted by Gasteiger charge is 2.23. The van der Waals surface area contributed by atoms with Gasteiger partial charge in [-0.3, -0.25) is 25.3 Å². The van der Waals surface area contributed by atoms with Crippen LogP contribution in [0.1, 0.15) is 31.1 Å². The predicted octanol–water partition coefficient (Wildman–Crippen LogP) is 1.07. The predicted molar refractivity (Wildman–Crippen MR) is 111 cm³/mol. The molecule has 1 aromatic carbocycles. The number of carbonyl (C=O) groups is 3. The fourth-order valence-corrected chi connectivity index (χ4v) is 3.16. The fourth-order valence-electron chi connectivity index (χ4n) is 3.16. The molecule has 1 aliphatic heterocycles. The van der Waals surface area contributed by atoms with E-state index in [4.69, 9.17) is 4.74 Å². The molecule has 2 rings (SSSR count). The standard InChI is InChI=1S/C20H31N5O4/c1-4-24(5-2)17-9-7-16(8-10-17)19(27)22-21-18(26)15-23-11-13-25(14-12-23)20(28)29-6-3/h7-10H,4-6,11-15H2,1-3H3,(H,21,26)(H,22,27). The molecule has 0 radical (unpaired) electrons. The van der Waals surface area contributed by atoms with Crippen molar-refractivity contribution in [1.82, 2.24) is 20.7 Å². The zero-order chi connectivity index (χ0) is 21.2. The summed E-state index contributed by atoms with van der Waals surface area (Å²) in [4.78, 5) is 41.8. The molecular weight excluding hydrogens is 374 g/mol. The molecule has 0 bridgehead atoms. The van der Waals surface area contributed by atoms with Crippen molar-refractivity contribution in [2.45, 2.75) is 20.8 Å². The first kappa shape index (κ1) is 22.5. The average molecular weight is 405 g/mol. The van der Waals surface area contributed by atoms with Crippen LogP contribution in [0.3, 0.4) is 0 Å². The number of ether oxygens (including phenoxy) is 1. The van der Waals surface area contributed by atoms with Crippen LogP contribution in [0.5, 0.6) is 0 Å². The van der Waals surface area contributed by atoms with Crippen LogP contribution >= 0.6 is 0 Å². The molecule has 0 aromatic heterocycles. The Hall–Kier alpha value is -2.81. The molecule has 0 atom stereocenters. The number of hydrogen-bond acceptors (Lipinski definition) is 6. The number of piperazine rings is 1. The largest absolute Gasteiger partial charge is 0.450 e. The van der Waals surface area contributed by atoms with E-state index in [0.717, 1.165) is 18.8 Å². The summed E-state index contributed by atoms with van der Waals surface area (Å²) >= 11 is 0. The number of carbonyl (C=O) groups excluding carboxylic acids is 3. The minimum Gasteiger partial charge on any atom is -0.450 e. The Balaban J connectivity index is 1.74. The number of hydrazine groups is 1. The first-order valence-electron chi connectivity index (χ1n) is 10.1. The lowest BCUT2D eigenvalue weighted by atomic mass is 10.2. The fraction of sp³-hybridized carbons (Fsp3) is 0.550. The molecule has 0 unspecified atom stereocenters. The van der Waals surface area contributed by atoms with Crippen molar-refractivity contribution in [2.75, 3.05) is 57.3 Å².